The molecule has 0 bridgehead atoms. The Labute approximate surface area is 94.2 Å². The molecule has 0 radical (unpaired) electrons. The summed E-state index contributed by atoms with van der Waals surface area (Å²) in [5.74, 6) is 2.57. The van der Waals surface area contributed by atoms with Crippen LogP contribution in [0, 0.1) is 17.8 Å². The molecule has 1 aliphatic heterocycles. The van der Waals surface area contributed by atoms with Crippen molar-refractivity contribution < 1.29 is 0 Å². The van der Waals surface area contributed by atoms with E-state index >= 15 is 0 Å². The van der Waals surface area contributed by atoms with E-state index in [2.05, 4.69) is 25.7 Å². The van der Waals surface area contributed by atoms with E-state index in [1.54, 1.807) is 0 Å². The third kappa shape index (κ3) is 2.73. The molecule has 3 unspecified atom stereocenters. The van der Waals surface area contributed by atoms with Crippen LogP contribution in [0.3, 0.4) is 0 Å². The minimum Gasteiger partial charge on any atom is -0.327 e. The summed E-state index contributed by atoms with van der Waals surface area (Å²) in [5, 5.41) is 0. The van der Waals surface area contributed by atoms with E-state index in [1.807, 2.05) is 0 Å². The van der Waals surface area contributed by atoms with Gasteiger partial charge in [0.2, 0.25) is 0 Å². The van der Waals surface area contributed by atoms with Crippen LogP contribution in [-0.2, 0) is 0 Å². The third-order valence-electron chi connectivity index (χ3n) is 4.37. The fourth-order valence-corrected chi connectivity index (χ4v) is 2.91. The average molecular weight is 210 g/mol. The van der Waals surface area contributed by atoms with Crippen molar-refractivity contribution >= 4 is 0 Å². The number of nitrogens with zero attached hydrogens (tertiary/aromatic N) is 1. The van der Waals surface area contributed by atoms with Crippen LogP contribution in [0.5, 0.6) is 0 Å². The molecular weight excluding hydrogens is 184 g/mol. The minimum absolute atomic E-state index is 0.410. The van der Waals surface area contributed by atoms with Crippen LogP contribution in [0.1, 0.15) is 40.0 Å². The van der Waals surface area contributed by atoms with E-state index in [-0.39, 0.29) is 0 Å². The molecule has 3 atom stereocenters. The van der Waals surface area contributed by atoms with Crippen molar-refractivity contribution in [2.45, 2.75) is 52.1 Å². The second-order valence-corrected chi connectivity index (χ2v) is 6.03. The van der Waals surface area contributed by atoms with Gasteiger partial charge in [-0.3, -0.25) is 4.90 Å². The molecule has 2 fully saturated rings. The molecule has 1 saturated heterocycles. The maximum absolute atomic E-state index is 6.17. The normalized spacial score (nSPS) is 35.8. The number of nitrogens with two attached hydrogens (primary N) is 1. The lowest BCUT2D eigenvalue weighted by Crippen LogP contribution is -2.51. The van der Waals surface area contributed by atoms with Gasteiger partial charge in [0.15, 0.2) is 0 Å². The predicted molar refractivity (Wildman–Crippen MR) is 64.7 cm³/mol. The zero-order valence-electron chi connectivity index (χ0n) is 10.4. The first-order valence-electron chi connectivity index (χ1n) is 6.57. The summed E-state index contributed by atoms with van der Waals surface area (Å²) >= 11 is 0. The van der Waals surface area contributed by atoms with Crippen molar-refractivity contribution in [1.82, 2.24) is 4.90 Å². The third-order valence-corrected chi connectivity index (χ3v) is 4.37. The maximum Gasteiger partial charge on any atom is 0.0171 e. The number of likely N-dealkylation sites (tertiary alicyclic amines) is 1. The van der Waals surface area contributed by atoms with Gasteiger partial charge in [0, 0.05) is 25.2 Å². The summed E-state index contributed by atoms with van der Waals surface area (Å²) in [4.78, 5) is 2.65. The van der Waals surface area contributed by atoms with Gasteiger partial charge in [-0.2, -0.15) is 0 Å². The van der Waals surface area contributed by atoms with Crippen molar-refractivity contribution in [2.75, 3.05) is 13.1 Å². The van der Waals surface area contributed by atoms with Gasteiger partial charge < -0.3 is 5.73 Å². The summed E-state index contributed by atoms with van der Waals surface area (Å²) in [7, 11) is 0. The number of piperidine rings is 1. The number of rotatable bonds is 3. The predicted octanol–water partition coefficient (Wildman–Crippen LogP) is 2.09. The highest BCUT2D eigenvalue weighted by atomic mass is 15.2. The monoisotopic (exact) mass is 210 g/mol. The van der Waals surface area contributed by atoms with E-state index in [1.165, 1.54) is 25.8 Å². The van der Waals surface area contributed by atoms with Gasteiger partial charge in [-0.05, 0) is 43.9 Å². The fraction of sp³-hybridized carbons (Fsp3) is 1.00. The van der Waals surface area contributed by atoms with Gasteiger partial charge in [0.1, 0.15) is 0 Å². The van der Waals surface area contributed by atoms with Gasteiger partial charge in [0.05, 0.1) is 0 Å². The van der Waals surface area contributed by atoms with E-state index in [9.17, 15) is 0 Å². The number of hydrogen-bond acceptors (Lipinski definition) is 2. The minimum atomic E-state index is 0.410. The molecule has 0 spiro atoms. The van der Waals surface area contributed by atoms with Crippen LogP contribution >= 0.6 is 0 Å². The molecule has 0 aromatic heterocycles. The first-order chi connectivity index (χ1) is 7.08. The summed E-state index contributed by atoms with van der Waals surface area (Å²) in [5.41, 5.74) is 6.17. The molecule has 2 heteroatoms. The van der Waals surface area contributed by atoms with Crippen molar-refractivity contribution in [3.63, 3.8) is 0 Å². The first kappa shape index (κ1) is 11.4. The molecular formula is C13H26N2. The summed E-state index contributed by atoms with van der Waals surface area (Å²) in [6.45, 7) is 9.47. The Morgan fingerprint density at radius 1 is 1.07 bits per heavy atom. The molecule has 0 aromatic rings. The average Bonchev–Trinajstić information content (AvgIpc) is 2.98. The molecule has 2 rings (SSSR count). The van der Waals surface area contributed by atoms with Gasteiger partial charge in [-0.15, -0.1) is 0 Å². The molecule has 1 saturated carbocycles. The highest BCUT2D eigenvalue weighted by Crippen LogP contribution is 2.37. The van der Waals surface area contributed by atoms with Crippen molar-refractivity contribution in [3.05, 3.63) is 0 Å². The zero-order valence-corrected chi connectivity index (χ0v) is 10.4. The Morgan fingerprint density at radius 3 is 2.27 bits per heavy atom. The van der Waals surface area contributed by atoms with E-state index in [0.29, 0.717) is 6.04 Å². The van der Waals surface area contributed by atoms with Crippen molar-refractivity contribution in [2.24, 2.45) is 23.5 Å². The lowest BCUT2D eigenvalue weighted by molar-refractivity contribution is 0.0866. The Bertz CT molecular complexity index is 211. The molecule has 2 nitrogen and oxygen atoms in total. The van der Waals surface area contributed by atoms with Gasteiger partial charge in [-0.1, -0.05) is 13.8 Å². The quantitative estimate of drug-likeness (QED) is 0.773. The second kappa shape index (κ2) is 4.42. The SMILES string of the molecule is CC(C)C1CC(N)CN(C(C)C2CC2)C1. The van der Waals surface area contributed by atoms with Crippen LogP contribution in [0.2, 0.25) is 0 Å². The van der Waals surface area contributed by atoms with Crippen molar-refractivity contribution in [3.8, 4) is 0 Å². The topological polar surface area (TPSA) is 29.3 Å². The van der Waals surface area contributed by atoms with Crippen LogP contribution in [0.4, 0.5) is 0 Å². The van der Waals surface area contributed by atoms with E-state index < -0.39 is 0 Å². The highest BCUT2D eigenvalue weighted by Gasteiger charge is 2.36. The molecule has 88 valence electrons. The molecule has 2 N–H and O–H groups in total. The molecule has 0 aromatic carbocycles. The Kier molecular flexibility index (Phi) is 3.36. The molecule has 0 amide bonds. The standard InChI is InChI=1S/C13H26N2/c1-9(2)12-6-13(14)8-15(7-12)10(3)11-4-5-11/h9-13H,4-8,14H2,1-3H3. The molecule has 1 heterocycles. The highest BCUT2D eigenvalue weighted by molar-refractivity contribution is 4.91. The molecule has 2 aliphatic rings. The second-order valence-electron chi connectivity index (χ2n) is 6.03. The van der Waals surface area contributed by atoms with Crippen LogP contribution < -0.4 is 5.73 Å². The maximum atomic E-state index is 6.17. The lowest BCUT2D eigenvalue weighted by atomic mass is 9.85. The van der Waals surface area contributed by atoms with Gasteiger partial charge in [-0.25, -0.2) is 0 Å². The van der Waals surface area contributed by atoms with Gasteiger partial charge in [0.25, 0.3) is 0 Å². The largest absolute Gasteiger partial charge is 0.327 e. The smallest absolute Gasteiger partial charge is 0.0171 e. The van der Waals surface area contributed by atoms with E-state index in [0.717, 1.165) is 30.3 Å². The summed E-state index contributed by atoms with van der Waals surface area (Å²) in [6, 6.07) is 1.19. The molecule has 1 aliphatic carbocycles. The Balaban J connectivity index is 1.93. The Hall–Kier alpha value is -0.0800. The van der Waals surface area contributed by atoms with Crippen LogP contribution in [0.25, 0.3) is 0 Å². The zero-order chi connectivity index (χ0) is 11.0. The van der Waals surface area contributed by atoms with Crippen LogP contribution in [0.15, 0.2) is 0 Å². The Morgan fingerprint density at radius 2 is 1.73 bits per heavy atom. The first-order valence-corrected chi connectivity index (χ1v) is 6.57. The summed E-state index contributed by atoms with van der Waals surface area (Å²) in [6.07, 6.45) is 4.12. The van der Waals surface area contributed by atoms with Gasteiger partial charge >= 0.3 is 0 Å². The van der Waals surface area contributed by atoms with Crippen molar-refractivity contribution in [1.29, 1.82) is 0 Å². The van der Waals surface area contributed by atoms with Crippen LogP contribution in [-0.4, -0.2) is 30.1 Å². The fourth-order valence-electron chi connectivity index (χ4n) is 2.91. The molecule has 15 heavy (non-hydrogen) atoms. The van der Waals surface area contributed by atoms with E-state index in [4.69, 9.17) is 5.73 Å². The lowest BCUT2D eigenvalue weighted by Gasteiger charge is -2.41. The number of hydrogen-bond donors (Lipinski definition) is 1. The summed E-state index contributed by atoms with van der Waals surface area (Å²) < 4.78 is 0.